The van der Waals surface area contributed by atoms with Crippen LogP contribution in [0.2, 0.25) is 0 Å². The molecule has 1 heterocycles. The maximum Gasteiger partial charge on any atom is 0.319 e. The van der Waals surface area contributed by atoms with Gasteiger partial charge < -0.3 is 10.1 Å². The molecule has 0 saturated heterocycles. The number of aromatic nitrogens is 2. The average Bonchev–Trinajstić information content (AvgIpc) is 2.28. The van der Waals surface area contributed by atoms with Gasteiger partial charge in [0.15, 0.2) is 5.82 Å². The zero-order valence-corrected chi connectivity index (χ0v) is 11.6. The molecule has 0 saturated carbocycles. The molecular weight excluding hydrogens is 246 g/mol. The molecule has 104 valence electrons. The first-order chi connectivity index (χ1) is 8.86. The molecule has 1 amide bonds. The fourth-order valence-electron chi connectivity index (χ4n) is 1.65. The van der Waals surface area contributed by atoms with E-state index in [0.29, 0.717) is 5.82 Å². The molecule has 1 unspecified atom stereocenters. The minimum atomic E-state index is -0.894. The Morgan fingerprint density at radius 2 is 2.11 bits per heavy atom. The van der Waals surface area contributed by atoms with E-state index >= 15 is 0 Å². The number of hydrogen-bond acceptors (Lipinski definition) is 5. The fraction of sp³-hybridized carbons (Fsp3) is 0.538. The van der Waals surface area contributed by atoms with Crippen LogP contribution in [0.4, 0.5) is 5.82 Å². The van der Waals surface area contributed by atoms with Crippen molar-refractivity contribution in [3.63, 3.8) is 0 Å². The van der Waals surface area contributed by atoms with E-state index < -0.39 is 23.2 Å². The second-order valence-corrected chi connectivity index (χ2v) is 5.15. The largest absolute Gasteiger partial charge is 0.465 e. The minimum absolute atomic E-state index is 0.240. The third-order valence-corrected chi connectivity index (χ3v) is 2.47. The summed E-state index contributed by atoms with van der Waals surface area (Å²) >= 11 is 0. The van der Waals surface area contributed by atoms with Crippen molar-refractivity contribution in [1.29, 1.82) is 0 Å². The lowest BCUT2D eigenvalue weighted by Crippen LogP contribution is -2.40. The first kappa shape index (κ1) is 15.1. The number of nitrogens with zero attached hydrogens (tertiary/aromatic N) is 2. The highest BCUT2D eigenvalue weighted by atomic mass is 16.5. The predicted molar refractivity (Wildman–Crippen MR) is 70.2 cm³/mol. The quantitative estimate of drug-likeness (QED) is 0.661. The van der Waals surface area contributed by atoms with Crippen LogP contribution in [0, 0.1) is 11.3 Å². The standard InChI is InChI=1S/C13H19N3O3/c1-5-19-12(18)10(13(2,3)4)11(17)15-9-7-6-8-14-16-9/h6-8,10H,5H2,1-4H3,(H,15,16,17). The van der Waals surface area contributed by atoms with Crippen molar-refractivity contribution in [1.82, 2.24) is 10.2 Å². The van der Waals surface area contributed by atoms with Crippen molar-refractivity contribution in [3.8, 4) is 0 Å². The molecule has 0 aromatic carbocycles. The normalized spacial score (nSPS) is 12.6. The third-order valence-electron chi connectivity index (χ3n) is 2.47. The fourth-order valence-corrected chi connectivity index (χ4v) is 1.65. The van der Waals surface area contributed by atoms with Gasteiger partial charge in [0.1, 0.15) is 5.92 Å². The molecule has 1 atom stereocenters. The molecule has 6 heteroatoms. The maximum atomic E-state index is 12.2. The van der Waals surface area contributed by atoms with Crippen LogP contribution in [0.5, 0.6) is 0 Å². The van der Waals surface area contributed by atoms with Gasteiger partial charge in [-0.05, 0) is 24.5 Å². The lowest BCUT2D eigenvalue weighted by Gasteiger charge is -2.27. The van der Waals surface area contributed by atoms with E-state index in [0.717, 1.165) is 0 Å². The van der Waals surface area contributed by atoms with E-state index in [2.05, 4.69) is 15.5 Å². The first-order valence-electron chi connectivity index (χ1n) is 6.11. The number of amides is 1. The summed E-state index contributed by atoms with van der Waals surface area (Å²) in [5.41, 5.74) is -0.543. The number of hydrogen-bond donors (Lipinski definition) is 1. The second-order valence-electron chi connectivity index (χ2n) is 5.15. The van der Waals surface area contributed by atoms with Gasteiger partial charge in [0.25, 0.3) is 0 Å². The van der Waals surface area contributed by atoms with Crippen molar-refractivity contribution >= 4 is 17.7 Å². The third kappa shape index (κ3) is 4.31. The molecular formula is C13H19N3O3. The SMILES string of the molecule is CCOC(=O)C(C(=O)Nc1cccnn1)C(C)(C)C. The number of nitrogens with one attached hydrogen (secondary N) is 1. The zero-order valence-electron chi connectivity index (χ0n) is 11.6. The summed E-state index contributed by atoms with van der Waals surface area (Å²) in [6, 6.07) is 3.26. The lowest BCUT2D eigenvalue weighted by atomic mass is 9.80. The summed E-state index contributed by atoms with van der Waals surface area (Å²) in [4.78, 5) is 24.1. The number of carbonyl (C=O) groups is 2. The molecule has 1 aromatic rings. The van der Waals surface area contributed by atoms with Crippen LogP contribution in [0.3, 0.4) is 0 Å². The Bertz CT molecular complexity index is 440. The molecule has 0 bridgehead atoms. The van der Waals surface area contributed by atoms with Gasteiger partial charge in [0.05, 0.1) is 6.61 Å². The van der Waals surface area contributed by atoms with Gasteiger partial charge in [-0.25, -0.2) is 0 Å². The Hall–Kier alpha value is -1.98. The number of esters is 1. The average molecular weight is 265 g/mol. The summed E-state index contributed by atoms with van der Waals surface area (Å²) < 4.78 is 4.95. The minimum Gasteiger partial charge on any atom is -0.465 e. The Balaban J connectivity index is 2.87. The number of ether oxygens (including phenoxy) is 1. The zero-order chi connectivity index (χ0) is 14.5. The van der Waals surface area contributed by atoms with Crippen molar-refractivity contribution < 1.29 is 14.3 Å². The second kappa shape index (κ2) is 6.26. The van der Waals surface area contributed by atoms with E-state index in [4.69, 9.17) is 4.74 Å². The monoisotopic (exact) mass is 265 g/mol. The molecule has 1 aromatic heterocycles. The van der Waals surface area contributed by atoms with Crippen LogP contribution >= 0.6 is 0 Å². The van der Waals surface area contributed by atoms with Gasteiger partial charge in [-0.1, -0.05) is 20.8 Å². The Kier molecular flexibility index (Phi) is 4.97. The van der Waals surface area contributed by atoms with Crippen LogP contribution in [0.1, 0.15) is 27.7 Å². The van der Waals surface area contributed by atoms with Crippen molar-refractivity contribution in [3.05, 3.63) is 18.3 Å². The van der Waals surface area contributed by atoms with Gasteiger partial charge in [-0.15, -0.1) is 5.10 Å². The van der Waals surface area contributed by atoms with Gasteiger partial charge in [-0.3, -0.25) is 9.59 Å². The van der Waals surface area contributed by atoms with Crippen LogP contribution in [0.15, 0.2) is 18.3 Å². The molecule has 0 fully saturated rings. The molecule has 6 nitrogen and oxygen atoms in total. The van der Waals surface area contributed by atoms with Gasteiger partial charge in [0, 0.05) is 6.20 Å². The van der Waals surface area contributed by atoms with E-state index in [1.54, 1.807) is 19.1 Å². The molecule has 1 rings (SSSR count). The smallest absolute Gasteiger partial charge is 0.319 e. The lowest BCUT2D eigenvalue weighted by molar-refractivity contribution is -0.155. The van der Waals surface area contributed by atoms with E-state index in [-0.39, 0.29) is 6.61 Å². The van der Waals surface area contributed by atoms with E-state index in [1.165, 1.54) is 6.20 Å². The Morgan fingerprint density at radius 1 is 1.42 bits per heavy atom. The van der Waals surface area contributed by atoms with Gasteiger partial charge in [-0.2, -0.15) is 5.10 Å². The van der Waals surface area contributed by atoms with Crippen LogP contribution in [0.25, 0.3) is 0 Å². The number of rotatable bonds is 4. The molecule has 0 aliphatic heterocycles. The van der Waals surface area contributed by atoms with Crippen molar-refractivity contribution in [2.75, 3.05) is 11.9 Å². The summed E-state index contributed by atoms with van der Waals surface area (Å²) in [6.07, 6.45) is 1.50. The van der Waals surface area contributed by atoms with Gasteiger partial charge in [0.2, 0.25) is 5.91 Å². The van der Waals surface area contributed by atoms with E-state index in [9.17, 15) is 9.59 Å². The van der Waals surface area contributed by atoms with Crippen molar-refractivity contribution in [2.24, 2.45) is 11.3 Å². The highest BCUT2D eigenvalue weighted by molar-refractivity contribution is 6.05. The number of carbonyl (C=O) groups excluding carboxylic acids is 2. The van der Waals surface area contributed by atoms with Crippen LogP contribution in [-0.2, 0) is 14.3 Å². The molecule has 1 N–H and O–H groups in total. The highest BCUT2D eigenvalue weighted by Crippen LogP contribution is 2.28. The summed E-state index contributed by atoms with van der Waals surface area (Å²) in [6.45, 7) is 7.38. The Morgan fingerprint density at radius 3 is 2.58 bits per heavy atom. The molecule has 0 aliphatic carbocycles. The Labute approximate surface area is 112 Å². The maximum absolute atomic E-state index is 12.2. The topological polar surface area (TPSA) is 81.2 Å². The molecule has 19 heavy (non-hydrogen) atoms. The molecule has 0 spiro atoms. The van der Waals surface area contributed by atoms with Crippen LogP contribution < -0.4 is 5.32 Å². The first-order valence-corrected chi connectivity index (χ1v) is 6.11. The van der Waals surface area contributed by atoms with E-state index in [1.807, 2.05) is 20.8 Å². The number of anilines is 1. The van der Waals surface area contributed by atoms with Crippen molar-refractivity contribution in [2.45, 2.75) is 27.7 Å². The summed E-state index contributed by atoms with van der Waals surface area (Å²) in [7, 11) is 0. The summed E-state index contributed by atoms with van der Waals surface area (Å²) in [5.74, 6) is -1.55. The van der Waals surface area contributed by atoms with Gasteiger partial charge >= 0.3 is 5.97 Å². The predicted octanol–water partition coefficient (Wildman–Crippen LogP) is 1.64. The summed E-state index contributed by atoms with van der Waals surface area (Å²) in [5, 5.41) is 9.99. The van der Waals surface area contributed by atoms with Crippen LogP contribution in [-0.4, -0.2) is 28.7 Å². The highest BCUT2D eigenvalue weighted by Gasteiger charge is 2.39. The molecule has 0 radical (unpaired) electrons. The molecule has 0 aliphatic rings.